The number of hydrogen-bond donors (Lipinski definition) is 18. The van der Waals surface area contributed by atoms with Gasteiger partial charge in [-0.15, -0.1) is 15.3 Å². The van der Waals surface area contributed by atoms with E-state index in [2.05, 4.69) is 62.8 Å². The second-order valence-electron chi connectivity index (χ2n) is 27.5. The van der Waals surface area contributed by atoms with Crippen molar-refractivity contribution in [3.8, 4) is 0 Å². The summed E-state index contributed by atoms with van der Waals surface area (Å²) in [5.74, 6) is -5.40. The lowest BCUT2D eigenvalue weighted by Gasteiger charge is -2.51. The van der Waals surface area contributed by atoms with Crippen LogP contribution in [0.2, 0.25) is 0 Å². The minimum absolute atomic E-state index is 0.0477. The van der Waals surface area contributed by atoms with E-state index in [1.807, 2.05) is 20.8 Å². The number of carbonyl (C=O) groups excluding carboxylic acids is 6. The first-order chi connectivity index (χ1) is 52.6. The lowest BCUT2D eigenvalue weighted by atomic mass is 9.92. The predicted octanol–water partition coefficient (Wildman–Crippen LogP) is -10.8. The van der Waals surface area contributed by atoms with E-state index < -0.39 is 239 Å². The Hall–Kier alpha value is -6.72. The van der Waals surface area contributed by atoms with Gasteiger partial charge >= 0.3 is 0 Å². The molecule has 0 bridgehead atoms. The van der Waals surface area contributed by atoms with Crippen molar-refractivity contribution in [3.63, 3.8) is 0 Å². The quantitative estimate of drug-likeness (QED) is 0.0243. The van der Waals surface area contributed by atoms with E-state index in [0.717, 1.165) is 33.6 Å². The molecule has 3 aromatic heterocycles. The Kier molecular flexibility index (Phi) is 32.0. The summed E-state index contributed by atoms with van der Waals surface area (Å²) in [6.45, 7) is 8.01. The molecule has 6 amide bonds. The van der Waals surface area contributed by atoms with Crippen LogP contribution in [0.15, 0.2) is 18.6 Å². The highest BCUT2D eigenvalue weighted by Gasteiger charge is 2.60. The van der Waals surface area contributed by atoms with Crippen LogP contribution < -0.4 is 31.9 Å². The van der Waals surface area contributed by atoms with Crippen molar-refractivity contribution in [1.29, 1.82) is 0 Å². The van der Waals surface area contributed by atoms with Crippen LogP contribution in [0.5, 0.6) is 0 Å². The van der Waals surface area contributed by atoms with Gasteiger partial charge in [-0.05, 0) is 45.4 Å². The lowest BCUT2D eigenvalue weighted by molar-refractivity contribution is -0.375. The van der Waals surface area contributed by atoms with E-state index in [0.29, 0.717) is 43.6 Å². The van der Waals surface area contributed by atoms with Gasteiger partial charge in [-0.3, -0.25) is 42.8 Å². The molecule has 6 aliphatic heterocycles. The molecule has 6 fully saturated rings. The summed E-state index contributed by atoms with van der Waals surface area (Å²) >= 11 is 0. The molecule has 0 spiro atoms. The van der Waals surface area contributed by atoms with Crippen LogP contribution in [0.3, 0.4) is 0 Å². The molecule has 18 N–H and O–H groups in total. The maximum atomic E-state index is 14.9. The van der Waals surface area contributed by atoms with E-state index in [1.165, 1.54) is 16.3 Å². The largest absolute Gasteiger partial charge is 0.394 e. The fraction of sp³-hybridized carbons (Fsp3) is 0.815. The van der Waals surface area contributed by atoms with Crippen molar-refractivity contribution >= 4 is 35.4 Å². The molecule has 12 unspecified atom stereocenters. The van der Waals surface area contributed by atoms with Crippen LogP contribution in [-0.4, -0.2) is 372 Å². The number of nitrogens with zero attached hydrogens (tertiary/aromatic N) is 9. The molecule has 110 heavy (non-hydrogen) atoms. The minimum Gasteiger partial charge on any atom is -0.394 e. The van der Waals surface area contributed by atoms with Crippen molar-refractivity contribution in [2.75, 3.05) is 46.6 Å². The van der Waals surface area contributed by atoms with Gasteiger partial charge in [0.05, 0.1) is 49.0 Å². The summed E-state index contributed by atoms with van der Waals surface area (Å²) in [5, 5.41) is 179. The fourth-order valence-electron chi connectivity index (χ4n) is 13.7. The summed E-state index contributed by atoms with van der Waals surface area (Å²) in [4.78, 5) is 82.5. The molecule has 0 aromatic carbocycles. The smallest absolute Gasteiger partial charge is 0.252 e. The highest BCUT2D eigenvalue weighted by Crippen LogP contribution is 2.38. The fourth-order valence-corrected chi connectivity index (χ4v) is 13.7. The Morgan fingerprint density at radius 1 is 0.400 bits per heavy atom. The number of aliphatic hydroxyl groups is 12. The van der Waals surface area contributed by atoms with Gasteiger partial charge in [0.2, 0.25) is 17.7 Å². The van der Waals surface area contributed by atoms with Gasteiger partial charge in [0, 0.05) is 85.7 Å². The summed E-state index contributed by atoms with van der Waals surface area (Å²) in [5.41, 5.74) is 2.11. The van der Waals surface area contributed by atoms with Gasteiger partial charge in [0.15, 0.2) is 49.8 Å². The zero-order chi connectivity index (χ0) is 79.9. The molecule has 0 saturated carbocycles. The van der Waals surface area contributed by atoms with Gasteiger partial charge in [0.1, 0.15) is 122 Å². The number of methoxy groups -OCH3 is 1. The average Bonchev–Trinajstić information content (AvgIpc) is 0.824. The molecule has 620 valence electrons. The molecule has 0 radical (unpaired) electrons. The monoisotopic (exact) mass is 1580 g/mol. The molecule has 30 atom stereocenters. The number of ether oxygens (including phenoxy) is 12. The van der Waals surface area contributed by atoms with Gasteiger partial charge in [0.25, 0.3) is 17.7 Å². The highest BCUT2D eigenvalue weighted by atomic mass is 16.8. The molecule has 9 heterocycles. The Labute approximate surface area is 630 Å². The third kappa shape index (κ3) is 21.2. The number of amides is 6. The van der Waals surface area contributed by atoms with Crippen molar-refractivity contribution in [3.05, 3.63) is 35.7 Å². The van der Waals surface area contributed by atoms with Crippen LogP contribution in [0.4, 0.5) is 0 Å². The molecule has 0 aliphatic carbocycles. The summed E-state index contributed by atoms with van der Waals surface area (Å²) in [7, 11) is 1.14. The number of hydrogen-bond acceptors (Lipinski definition) is 36. The number of aromatic nitrogens is 9. The van der Waals surface area contributed by atoms with Crippen molar-refractivity contribution in [2.45, 2.75) is 290 Å². The van der Waals surface area contributed by atoms with E-state index in [4.69, 9.17) is 56.8 Å². The summed E-state index contributed by atoms with van der Waals surface area (Å²) < 4.78 is 77.6. The summed E-state index contributed by atoms with van der Waals surface area (Å²) in [6.07, 6.45) is -45.5. The average molecular weight is 1580 g/mol. The Bertz CT molecular complexity index is 3440. The molecular weight excluding hydrogens is 1470 g/mol. The maximum absolute atomic E-state index is 14.9. The molecule has 45 heteroatoms. The van der Waals surface area contributed by atoms with E-state index in [1.54, 1.807) is 23.3 Å². The molecule has 6 saturated heterocycles. The number of rotatable bonds is 35. The number of aryl methyl sites for hydroxylation is 6. The molecule has 45 nitrogen and oxygen atoms in total. The Morgan fingerprint density at radius 2 is 0.691 bits per heavy atom. The van der Waals surface area contributed by atoms with E-state index in [9.17, 15) is 90.0 Å². The van der Waals surface area contributed by atoms with E-state index >= 15 is 0 Å². The normalized spacial score (nSPS) is 36.8. The third-order valence-electron chi connectivity index (χ3n) is 19.5. The predicted molar refractivity (Wildman–Crippen MR) is 362 cm³/mol. The van der Waals surface area contributed by atoms with Crippen LogP contribution >= 0.6 is 0 Å². The molecule has 9 rings (SSSR count). The van der Waals surface area contributed by atoms with Gasteiger partial charge in [-0.2, -0.15) is 0 Å². The highest BCUT2D eigenvalue weighted by molar-refractivity contribution is 5.83. The SMILES string of the molecule is CCc1cn(CCCNC(=O)C2O[C@@H](O[C@@H]3C(NC(C)=O)[C@H](O[C@@H]4C(C(=O)NCCCn5cc(CC)nn5)O[C@@H](O[C@@H]5C(NC(C)=O)[C@H](O[C@@H]6C(C(=O)NCCCn7cc(CC)nn7)O[C@@H](O[C@@H]7C(NC(C)=O)[C@H](C)OC(CO)[C@H]7O)C(O)[C@H]6O)OC(CO)[C@H]5O)C(O)[C@H]4O)OC(CO)[C@H]3O)C(O)[C@@H](O)[C@@H]2OC)nn1. The first kappa shape index (κ1) is 87.2. The molecule has 6 aliphatic rings. The topological polar surface area (TPSA) is 620 Å². The van der Waals surface area contributed by atoms with Crippen molar-refractivity contribution in [1.82, 2.24) is 76.9 Å². The second-order valence-corrected chi connectivity index (χ2v) is 27.5. The number of nitrogens with one attached hydrogen (secondary N) is 6. The summed E-state index contributed by atoms with van der Waals surface area (Å²) in [6, 6.07) is -4.97. The van der Waals surface area contributed by atoms with Crippen LogP contribution in [-0.2, 0) is 125 Å². The van der Waals surface area contributed by atoms with Crippen molar-refractivity contribution in [2.24, 2.45) is 0 Å². The Morgan fingerprint density at radius 3 is 0.991 bits per heavy atom. The van der Waals surface area contributed by atoms with Crippen LogP contribution in [0, 0.1) is 0 Å². The number of carbonyl (C=O) groups is 6. The minimum atomic E-state index is -2.43. The first-order valence-corrected chi connectivity index (χ1v) is 36.6. The standard InChI is InChI=1S/C65H105N15O30/c1-9-31-21-78(75-72-31)18-12-15-66-58(96)55-52(99-8)43(90)46(93)63(108-55)104-50-38(70-29(6)85)61(101-35(25-82)41(50)88)107-54-45(92)48(95)65(110-57(54)60(98)68-17-14-20-80-23-33(11-3)74-77-80)105-51-39(71-30(7)86)62(102-36(26-83)42(51)89)106-53-44(91)47(94)64(103-49-37(69-28(5)84)27(4)100-34(24-81)40(49)87)109-56(53)59(97)67-16-13-19-79-22-32(10-2)73-76-79/h21-23,27,34-57,61-65,81-83,87-95H,9-20,24-26H2,1-8H3,(H,66,96)(H,67,97)(H,68,98)(H,69,84)(H,70,85)(H,71,86)/t27-,34?,35?,36?,37?,38?,39?,40+,41+,42+,43+,44+,45+,46?,47?,48?,49+,50+,51+,52-,53-,54-,55?,56?,57?,61-,62-,63+,64+,65+/m0/s1. The lowest BCUT2D eigenvalue weighted by Crippen LogP contribution is -2.72. The van der Waals surface area contributed by atoms with Crippen molar-refractivity contribution < 1.29 is 147 Å². The Balaban J connectivity index is 0.992. The number of aliphatic hydroxyl groups excluding tert-OH is 12. The first-order valence-electron chi connectivity index (χ1n) is 36.6. The molecular formula is C65H105N15O30. The van der Waals surface area contributed by atoms with E-state index in [-0.39, 0.29) is 45.6 Å². The van der Waals surface area contributed by atoms with Gasteiger partial charge < -0.3 is 150 Å². The van der Waals surface area contributed by atoms with Crippen LogP contribution in [0.25, 0.3) is 0 Å². The zero-order valence-electron chi connectivity index (χ0n) is 61.9. The maximum Gasteiger partial charge on any atom is 0.252 e. The third-order valence-corrected chi connectivity index (χ3v) is 19.5. The van der Waals surface area contributed by atoms with Gasteiger partial charge in [-0.1, -0.05) is 36.4 Å². The zero-order valence-corrected chi connectivity index (χ0v) is 61.9. The van der Waals surface area contributed by atoms with Gasteiger partial charge in [-0.25, -0.2) is 0 Å². The molecule has 3 aromatic rings. The van der Waals surface area contributed by atoms with Crippen LogP contribution in [0.1, 0.15) is 84.8 Å². The second kappa shape index (κ2) is 40.3.